The Hall–Kier alpha value is -1.34. The van der Waals surface area contributed by atoms with Gasteiger partial charge in [-0.25, -0.2) is 0 Å². The van der Waals surface area contributed by atoms with Gasteiger partial charge in [0.1, 0.15) is 5.88 Å². The summed E-state index contributed by atoms with van der Waals surface area (Å²) in [5, 5.41) is 4.02. The van der Waals surface area contributed by atoms with E-state index in [1.165, 1.54) is 0 Å². The van der Waals surface area contributed by atoms with Crippen molar-refractivity contribution in [2.75, 3.05) is 42.8 Å². The van der Waals surface area contributed by atoms with Crippen molar-refractivity contribution in [1.29, 1.82) is 0 Å². The third kappa shape index (κ3) is 2.10. The Morgan fingerprint density at radius 2 is 2.19 bits per heavy atom. The van der Waals surface area contributed by atoms with Crippen LogP contribution in [-0.2, 0) is 4.74 Å². The molecule has 1 aliphatic heterocycles. The summed E-state index contributed by atoms with van der Waals surface area (Å²) in [6.07, 6.45) is 0. The second-order valence-electron chi connectivity index (χ2n) is 3.31. The SMILES string of the molecule is Nc1nc(N2CCOCC2)nn1C(=O)CCl. The van der Waals surface area contributed by atoms with Crippen LogP contribution in [-0.4, -0.2) is 52.9 Å². The third-order valence-electron chi connectivity index (χ3n) is 2.27. The first-order chi connectivity index (χ1) is 7.72. The molecule has 1 aliphatic rings. The molecular weight excluding hydrogens is 234 g/mol. The van der Waals surface area contributed by atoms with E-state index < -0.39 is 0 Å². The van der Waals surface area contributed by atoms with Crippen molar-refractivity contribution in [3.8, 4) is 0 Å². The van der Waals surface area contributed by atoms with Gasteiger partial charge in [0, 0.05) is 13.1 Å². The number of carbonyl (C=O) groups excluding carboxylic acids is 1. The predicted molar refractivity (Wildman–Crippen MR) is 58.8 cm³/mol. The lowest BCUT2D eigenvalue weighted by Gasteiger charge is -2.25. The summed E-state index contributed by atoms with van der Waals surface area (Å²) >= 11 is 5.43. The Balaban J connectivity index is 2.19. The fourth-order valence-corrected chi connectivity index (χ4v) is 1.56. The zero-order chi connectivity index (χ0) is 11.5. The molecule has 2 N–H and O–H groups in total. The quantitative estimate of drug-likeness (QED) is 0.712. The molecule has 1 fully saturated rings. The van der Waals surface area contributed by atoms with Crippen molar-refractivity contribution in [3.63, 3.8) is 0 Å². The Bertz CT molecular complexity index is 388. The van der Waals surface area contributed by atoms with Crippen LogP contribution in [0.2, 0.25) is 0 Å². The number of alkyl halides is 1. The van der Waals surface area contributed by atoms with Crippen LogP contribution >= 0.6 is 11.6 Å². The van der Waals surface area contributed by atoms with Crippen LogP contribution in [0, 0.1) is 0 Å². The van der Waals surface area contributed by atoms with Crippen LogP contribution in [0.1, 0.15) is 4.79 Å². The monoisotopic (exact) mass is 245 g/mol. The number of halogens is 1. The van der Waals surface area contributed by atoms with Crippen molar-refractivity contribution in [2.24, 2.45) is 0 Å². The highest BCUT2D eigenvalue weighted by Gasteiger charge is 2.19. The molecule has 16 heavy (non-hydrogen) atoms. The van der Waals surface area contributed by atoms with E-state index in [0.29, 0.717) is 32.3 Å². The van der Waals surface area contributed by atoms with Gasteiger partial charge in [0.15, 0.2) is 0 Å². The Labute approximate surface area is 97.1 Å². The standard InChI is InChI=1S/C8H12ClN5O2/c9-5-6(15)14-7(10)11-8(12-14)13-1-3-16-4-2-13/h1-5H2,(H2,10,11,12). The molecule has 1 aromatic heterocycles. The maximum absolute atomic E-state index is 11.3. The lowest BCUT2D eigenvalue weighted by molar-refractivity contribution is 0.0927. The van der Waals surface area contributed by atoms with Crippen LogP contribution < -0.4 is 10.6 Å². The van der Waals surface area contributed by atoms with E-state index in [9.17, 15) is 4.79 Å². The molecule has 88 valence electrons. The number of hydrogen-bond acceptors (Lipinski definition) is 6. The van der Waals surface area contributed by atoms with Gasteiger partial charge in [-0.2, -0.15) is 9.67 Å². The summed E-state index contributed by atoms with van der Waals surface area (Å²) in [7, 11) is 0. The Morgan fingerprint density at radius 1 is 1.50 bits per heavy atom. The molecule has 0 spiro atoms. The van der Waals surface area contributed by atoms with Crippen LogP contribution in [0.3, 0.4) is 0 Å². The summed E-state index contributed by atoms with van der Waals surface area (Å²) in [6.45, 7) is 2.63. The van der Waals surface area contributed by atoms with Crippen LogP contribution in [0.5, 0.6) is 0 Å². The van der Waals surface area contributed by atoms with Gasteiger partial charge in [-0.15, -0.1) is 16.7 Å². The van der Waals surface area contributed by atoms with Crippen LogP contribution in [0.25, 0.3) is 0 Å². The molecule has 0 aromatic carbocycles. The van der Waals surface area contributed by atoms with Crippen molar-refractivity contribution < 1.29 is 9.53 Å². The first-order valence-corrected chi connectivity index (χ1v) is 5.40. The highest BCUT2D eigenvalue weighted by atomic mass is 35.5. The van der Waals surface area contributed by atoms with E-state index in [0.717, 1.165) is 4.68 Å². The van der Waals surface area contributed by atoms with Crippen LogP contribution in [0.15, 0.2) is 0 Å². The zero-order valence-corrected chi connectivity index (χ0v) is 9.35. The number of carbonyl (C=O) groups is 1. The van der Waals surface area contributed by atoms with Crippen molar-refractivity contribution in [1.82, 2.24) is 14.8 Å². The molecule has 1 saturated heterocycles. The zero-order valence-electron chi connectivity index (χ0n) is 8.60. The van der Waals surface area contributed by atoms with E-state index in [1.54, 1.807) is 0 Å². The van der Waals surface area contributed by atoms with Gasteiger partial charge in [0.25, 0.3) is 5.91 Å². The highest BCUT2D eigenvalue weighted by molar-refractivity contribution is 6.27. The molecule has 2 rings (SSSR count). The summed E-state index contributed by atoms with van der Waals surface area (Å²) in [4.78, 5) is 17.3. The topological polar surface area (TPSA) is 86.3 Å². The minimum Gasteiger partial charge on any atom is -0.378 e. The second kappa shape index (κ2) is 4.67. The van der Waals surface area contributed by atoms with Gasteiger partial charge in [-0.1, -0.05) is 0 Å². The number of nitrogens with zero attached hydrogens (tertiary/aromatic N) is 4. The number of hydrogen-bond donors (Lipinski definition) is 1. The number of nitrogens with two attached hydrogens (primary N) is 1. The fourth-order valence-electron chi connectivity index (χ4n) is 1.45. The van der Waals surface area contributed by atoms with Crippen LogP contribution in [0.4, 0.5) is 11.9 Å². The molecule has 2 heterocycles. The average Bonchev–Trinajstić information content (AvgIpc) is 2.71. The third-order valence-corrected chi connectivity index (χ3v) is 2.49. The number of aromatic nitrogens is 3. The maximum atomic E-state index is 11.3. The second-order valence-corrected chi connectivity index (χ2v) is 3.58. The first-order valence-electron chi connectivity index (χ1n) is 4.87. The minimum atomic E-state index is -0.383. The van der Waals surface area contributed by atoms with E-state index >= 15 is 0 Å². The smallest absolute Gasteiger partial charge is 0.265 e. The molecule has 0 radical (unpaired) electrons. The van der Waals surface area contributed by atoms with Crippen molar-refractivity contribution in [2.45, 2.75) is 0 Å². The van der Waals surface area contributed by atoms with Crippen molar-refractivity contribution >= 4 is 29.4 Å². The van der Waals surface area contributed by atoms with Gasteiger partial charge in [0.2, 0.25) is 11.9 Å². The van der Waals surface area contributed by atoms with E-state index in [4.69, 9.17) is 22.1 Å². The maximum Gasteiger partial charge on any atom is 0.265 e. The summed E-state index contributed by atoms with van der Waals surface area (Å²) in [5.41, 5.74) is 5.58. The fraction of sp³-hybridized carbons (Fsp3) is 0.625. The molecule has 1 aromatic rings. The molecule has 0 aliphatic carbocycles. The summed E-state index contributed by atoms with van der Waals surface area (Å²) in [6, 6.07) is 0. The molecule has 0 atom stereocenters. The lowest BCUT2D eigenvalue weighted by Crippen LogP contribution is -2.37. The predicted octanol–water partition coefficient (Wildman–Crippen LogP) is -0.424. The largest absolute Gasteiger partial charge is 0.378 e. The van der Waals surface area contributed by atoms with Gasteiger partial charge in [0.05, 0.1) is 13.2 Å². The van der Waals surface area contributed by atoms with Gasteiger partial charge < -0.3 is 15.4 Å². The number of ether oxygens (including phenoxy) is 1. The Kier molecular flexibility index (Phi) is 3.25. The minimum absolute atomic E-state index is 0.0622. The molecule has 0 amide bonds. The molecule has 0 unspecified atom stereocenters. The lowest BCUT2D eigenvalue weighted by atomic mass is 10.4. The van der Waals surface area contributed by atoms with E-state index in [2.05, 4.69) is 10.1 Å². The number of morpholine rings is 1. The molecule has 8 heteroatoms. The van der Waals surface area contributed by atoms with Gasteiger partial charge in [-0.3, -0.25) is 4.79 Å². The van der Waals surface area contributed by atoms with E-state index in [-0.39, 0.29) is 17.7 Å². The normalized spacial score (nSPS) is 16.4. The number of nitrogen functional groups attached to an aromatic ring is 1. The van der Waals surface area contributed by atoms with E-state index in [1.807, 2.05) is 4.90 Å². The molecular formula is C8H12ClN5O2. The summed E-state index contributed by atoms with van der Waals surface area (Å²) in [5.74, 6) is -0.0478. The number of rotatable bonds is 2. The molecule has 0 bridgehead atoms. The first kappa shape index (κ1) is 11.2. The molecule has 7 nitrogen and oxygen atoms in total. The average molecular weight is 246 g/mol. The number of anilines is 2. The summed E-state index contributed by atoms with van der Waals surface area (Å²) < 4.78 is 6.23. The highest BCUT2D eigenvalue weighted by Crippen LogP contribution is 2.12. The molecule has 0 saturated carbocycles. The van der Waals surface area contributed by atoms with Gasteiger partial charge >= 0.3 is 0 Å². The Morgan fingerprint density at radius 3 is 2.81 bits per heavy atom. The van der Waals surface area contributed by atoms with Gasteiger partial charge in [-0.05, 0) is 0 Å². The van der Waals surface area contributed by atoms with Crippen molar-refractivity contribution in [3.05, 3.63) is 0 Å².